The van der Waals surface area contributed by atoms with Crippen LogP contribution in [-0.4, -0.2) is 27.1 Å². The average molecular weight is 375 g/mol. The molecule has 1 aliphatic carbocycles. The molecule has 0 spiro atoms. The highest BCUT2D eigenvalue weighted by atomic mass is 32.2. The highest BCUT2D eigenvalue weighted by molar-refractivity contribution is 7.89. The van der Waals surface area contributed by atoms with Gasteiger partial charge in [-0.1, -0.05) is 31.0 Å². The van der Waals surface area contributed by atoms with E-state index in [4.69, 9.17) is 4.74 Å². The molecule has 2 unspecified atom stereocenters. The molecule has 0 bridgehead atoms. The standard InChI is InChI=1S/C20H26N2O3S/c1-2-25-17-14-12-16(13-15-17)21-19-10-6-7-11-20(19)22-26(23,24)18-8-4-3-5-9-18/h3-5,8-9,12-15,19-22H,2,6-7,10-11H2,1H3. The fourth-order valence-electron chi connectivity index (χ4n) is 3.34. The summed E-state index contributed by atoms with van der Waals surface area (Å²) in [7, 11) is -3.51. The molecule has 2 N–H and O–H groups in total. The van der Waals surface area contributed by atoms with Crippen LogP contribution in [-0.2, 0) is 10.0 Å². The van der Waals surface area contributed by atoms with Gasteiger partial charge in [-0.2, -0.15) is 0 Å². The van der Waals surface area contributed by atoms with Crippen molar-refractivity contribution in [2.45, 2.75) is 49.6 Å². The fourth-order valence-corrected chi connectivity index (χ4v) is 4.67. The maximum absolute atomic E-state index is 12.7. The van der Waals surface area contributed by atoms with Crippen LogP contribution in [0.2, 0.25) is 0 Å². The van der Waals surface area contributed by atoms with Gasteiger partial charge in [0.15, 0.2) is 0 Å². The normalized spacial score (nSPS) is 20.5. The van der Waals surface area contributed by atoms with Crippen LogP contribution in [0.1, 0.15) is 32.6 Å². The molecule has 26 heavy (non-hydrogen) atoms. The second-order valence-electron chi connectivity index (χ2n) is 6.53. The lowest BCUT2D eigenvalue weighted by molar-refractivity contribution is 0.340. The van der Waals surface area contributed by atoms with Gasteiger partial charge in [0.25, 0.3) is 0 Å². The summed E-state index contributed by atoms with van der Waals surface area (Å²) in [6, 6.07) is 16.3. The summed E-state index contributed by atoms with van der Waals surface area (Å²) in [5.74, 6) is 0.836. The second kappa shape index (κ2) is 8.56. The molecule has 3 rings (SSSR count). The summed E-state index contributed by atoms with van der Waals surface area (Å²) in [6.07, 6.45) is 3.90. The molecule has 5 nitrogen and oxygen atoms in total. The highest BCUT2D eigenvalue weighted by Crippen LogP contribution is 2.25. The predicted molar refractivity (Wildman–Crippen MR) is 104 cm³/mol. The molecule has 0 radical (unpaired) electrons. The summed E-state index contributed by atoms with van der Waals surface area (Å²) in [6.45, 7) is 2.59. The lowest BCUT2D eigenvalue weighted by Crippen LogP contribution is -2.48. The van der Waals surface area contributed by atoms with E-state index in [9.17, 15) is 8.42 Å². The monoisotopic (exact) mass is 374 g/mol. The maximum Gasteiger partial charge on any atom is 0.240 e. The zero-order chi connectivity index (χ0) is 18.4. The first-order valence-corrected chi connectivity index (χ1v) is 10.6. The Morgan fingerprint density at radius 3 is 2.27 bits per heavy atom. The molecule has 0 aromatic heterocycles. The predicted octanol–water partition coefficient (Wildman–Crippen LogP) is 3.79. The van der Waals surface area contributed by atoms with E-state index in [-0.39, 0.29) is 12.1 Å². The van der Waals surface area contributed by atoms with Crippen molar-refractivity contribution in [2.75, 3.05) is 11.9 Å². The molecule has 0 saturated heterocycles. The largest absolute Gasteiger partial charge is 0.494 e. The van der Waals surface area contributed by atoms with Crippen LogP contribution in [0.4, 0.5) is 5.69 Å². The number of hydrogen-bond donors (Lipinski definition) is 2. The minimum absolute atomic E-state index is 0.0696. The third-order valence-electron chi connectivity index (χ3n) is 4.64. The second-order valence-corrected chi connectivity index (χ2v) is 8.25. The third kappa shape index (κ3) is 4.77. The Hall–Kier alpha value is -2.05. The number of ether oxygens (including phenoxy) is 1. The summed E-state index contributed by atoms with van der Waals surface area (Å²) in [4.78, 5) is 0.311. The first-order chi connectivity index (χ1) is 12.6. The molecule has 0 amide bonds. The smallest absolute Gasteiger partial charge is 0.240 e. The number of benzene rings is 2. The molecule has 0 aliphatic heterocycles. The molecule has 140 valence electrons. The quantitative estimate of drug-likeness (QED) is 0.774. The number of sulfonamides is 1. The SMILES string of the molecule is CCOc1ccc(NC2CCCCC2NS(=O)(=O)c2ccccc2)cc1. The molecule has 2 aromatic carbocycles. The van der Waals surface area contributed by atoms with Crippen molar-refractivity contribution in [3.05, 3.63) is 54.6 Å². The lowest BCUT2D eigenvalue weighted by atomic mass is 9.91. The Morgan fingerprint density at radius 2 is 1.62 bits per heavy atom. The van der Waals surface area contributed by atoms with E-state index in [1.54, 1.807) is 24.3 Å². The van der Waals surface area contributed by atoms with Gasteiger partial charge in [0.05, 0.1) is 11.5 Å². The van der Waals surface area contributed by atoms with E-state index in [0.717, 1.165) is 37.1 Å². The van der Waals surface area contributed by atoms with Crippen molar-refractivity contribution in [1.29, 1.82) is 0 Å². The van der Waals surface area contributed by atoms with Crippen LogP contribution in [0.5, 0.6) is 5.75 Å². The van der Waals surface area contributed by atoms with Crippen LogP contribution in [0.3, 0.4) is 0 Å². The molecule has 0 heterocycles. The van der Waals surface area contributed by atoms with Gasteiger partial charge >= 0.3 is 0 Å². The molecule has 6 heteroatoms. The van der Waals surface area contributed by atoms with Crippen molar-refractivity contribution < 1.29 is 13.2 Å². The number of nitrogens with one attached hydrogen (secondary N) is 2. The van der Waals surface area contributed by atoms with Gasteiger partial charge in [0, 0.05) is 17.8 Å². The van der Waals surface area contributed by atoms with Crippen LogP contribution in [0, 0.1) is 0 Å². The van der Waals surface area contributed by atoms with Crippen molar-refractivity contribution in [3.63, 3.8) is 0 Å². The number of anilines is 1. The fraction of sp³-hybridized carbons (Fsp3) is 0.400. The number of rotatable bonds is 7. The minimum atomic E-state index is -3.51. The first kappa shape index (κ1) is 18.7. The van der Waals surface area contributed by atoms with E-state index >= 15 is 0 Å². The van der Waals surface area contributed by atoms with Gasteiger partial charge in [0.2, 0.25) is 10.0 Å². The Bertz CT molecular complexity index is 792. The van der Waals surface area contributed by atoms with Gasteiger partial charge in [-0.15, -0.1) is 0 Å². The zero-order valence-electron chi connectivity index (χ0n) is 15.0. The van der Waals surface area contributed by atoms with E-state index < -0.39 is 10.0 Å². The minimum Gasteiger partial charge on any atom is -0.494 e. The highest BCUT2D eigenvalue weighted by Gasteiger charge is 2.29. The van der Waals surface area contributed by atoms with Crippen molar-refractivity contribution in [3.8, 4) is 5.75 Å². The summed E-state index contributed by atoms with van der Waals surface area (Å²) >= 11 is 0. The van der Waals surface area contributed by atoms with Gasteiger partial charge in [-0.25, -0.2) is 13.1 Å². The zero-order valence-corrected chi connectivity index (χ0v) is 15.8. The van der Waals surface area contributed by atoms with E-state index in [1.807, 2.05) is 37.3 Å². The van der Waals surface area contributed by atoms with Crippen LogP contribution < -0.4 is 14.8 Å². The van der Waals surface area contributed by atoms with Crippen LogP contribution in [0.15, 0.2) is 59.5 Å². The van der Waals surface area contributed by atoms with Gasteiger partial charge < -0.3 is 10.1 Å². The molecule has 1 saturated carbocycles. The Morgan fingerprint density at radius 1 is 0.962 bits per heavy atom. The van der Waals surface area contributed by atoms with E-state index in [1.165, 1.54) is 0 Å². The van der Waals surface area contributed by atoms with Gasteiger partial charge in [-0.05, 0) is 56.2 Å². The van der Waals surface area contributed by atoms with Crippen LogP contribution in [0.25, 0.3) is 0 Å². The molecular formula is C20H26N2O3S. The summed E-state index contributed by atoms with van der Waals surface area (Å²) in [5.41, 5.74) is 0.976. The molecular weight excluding hydrogens is 348 g/mol. The molecule has 1 fully saturated rings. The maximum atomic E-state index is 12.7. The number of hydrogen-bond acceptors (Lipinski definition) is 4. The molecule has 2 atom stereocenters. The molecule has 2 aromatic rings. The van der Waals surface area contributed by atoms with Crippen molar-refractivity contribution in [1.82, 2.24) is 4.72 Å². The van der Waals surface area contributed by atoms with Crippen LogP contribution >= 0.6 is 0 Å². The van der Waals surface area contributed by atoms with Gasteiger partial charge in [0.1, 0.15) is 5.75 Å². The van der Waals surface area contributed by atoms with Gasteiger partial charge in [-0.3, -0.25) is 0 Å². The van der Waals surface area contributed by atoms with Crippen molar-refractivity contribution >= 4 is 15.7 Å². The molecule has 1 aliphatic rings. The summed E-state index contributed by atoms with van der Waals surface area (Å²) in [5, 5.41) is 3.49. The Labute approximate surface area is 155 Å². The average Bonchev–Trinajstić information content (AvgIpc) is 2.66. The van der Waals surface area contributed by atoms with E-state index in [0.29, 0.717) is 11.5 Å². The first-order valence-electron chi connectivity index (χ1n) is 9.15. The third-order valence-corrected chi connectivity index (χ3v) is 6.15. The van der Waals surface area contributed by atoms with E-state index in [2.05, 4.69) is 10.0 Å². The van der Waals surface area contributed by atoms with Crippen molar-refractivity contribution in [2.24, 2.45) is 0 Å². The Kier molecular flexibility index (Phi) is 6.16. The summed E-state index contributed by atoms with van der Waals surface area (Å²) < 4.78 is 33.7. The topological polar surface area (TPSA) is 67.4 Å². The Balaban J connectivity index is 1.69. The lowest BCUT2D eigenvalue weighted by Gasteiger charge is -2.33.